The first-order valence-electron chi connectivity index (χ1n) is 5.80. The molecular formula is C14H16N2O3. The third-order valence-corrected chi connectivity index (χ3v) is 2.65. The number of nitrogens with zero attached hydrogens (tertiary/aromatic N) is 1. The van der Waals surface area contributed by atoms with E-state index in [2.05, 4.69) is 11.2 Å². The number of carbonyl (C=O) groups excluding carboxylic acids is 1. The molecule has 5 heteroatoms. The highest BCUT2D eigenvalue weighted by molar-refractivity contribution is 5.89. The quantitative estimate of drug-likeness (QED) is 0.782. The summed E-state index contributed by atoms with van der Waals surface area (Å²) in [6.07, 6.45) is 5.52. The van der Waals surface area contributed by atoms with Crippen molar-refractivity contribution in [2.24, 2.45) is 0 Å². The Morgan fingerprint density at radius 1 is 1.42 bits per heavy atom. The van der Waals surface area contributed by atoms with Crippen LogP contribution in [-0.4, -0.2) is 42.1 Å². The Kier molecular flexibility index (Phi) is 5.42. The van der Waals surface area contributed by atoms with E-state index in [-0.39, 0.29) is 18.1 Å². The van der Waals surface area contributed by atoms with Gasteiger partial charge in [-0.3, -0.25) is 0 Å². The molecular weight excluding hydrogens is 244 g/mol. The monoisotopic (exact) mass is 260 g/mol. The molecule has 0 heterocycles. The normalized spacial score (nSPS) is 9.47. The molecule has 0 atom stereocenters. The molecule has 0 aromatic heterocycles. The minimum Gasteiger partial charge on any atom is -0.478 e. The average Bonchev–Trinajstić information content (AvgIpc) is 2.42. The van der Waals surface area contributed by atoms with Crippen LogP contribution < -0.4 is 5.32 Å². The molecule has 19 heavy (non-hydrogen) atoms. The second-order valence-corrected chi connectivity index (χ2v) is 4.00. The summed E-state index contributed by atoms with van der Waals surface area (Å²) < 4.78 is 0. The van der Waals surface area contributed by atoms with Crippen molar-refractivity contribution in [1.29, 1.82) is 0 Å². The van der Waals surface area contributed by atoms with Crippen LogP contribution >= 0.6 is 0 Å². The zero-order valence-electron chi connectivity index (χ0n) is 10.7. The van der Waals surface area contributed by atoms with E-state index in [1.165, 1.54) is 4.90 Å². The minimum absolute atomic E-state index is 0.175. The molecule has 0 unspecified atom stereocenters. The van der Waals surface area contributed by atoms with E-state index in [9.17, 15) is 9.59 Å². The largest absolute Gasteiger partial charge is 0.478 e. The summed E-state index contributed by atoms with van der Waals surface area (Å²) in [5.41, 5.74) is 0.964. The van der Waals surface area contributed by atoms with E-state index in [0.717, 1.165) is 0 Å². The SMILES string of the molecule is C#CCNC(=O)N(C)CCc1ccccc1C(=O)O. The Bertz CT molecular complexity index is 506. The van der Waals surface area contributed by atoms with Crippen LogP contribution in [0.3, 0.4) is 0 Å². The topological polar surface area (TPSA) is 69.6 Å². The summed E-state index contributed by atoms with van der Waals surface area (Å²) >= 11 is 0. The van der Waals surface area contributed by atoms with Crippen molar-refractivity contribution in [3.05, 3.63) is 35.4 Å². The number of amides is 2. The van der Waals surface area contributed by atoms with Gasteiger partial charge in [-0.25, -0.2) is 9.59 Å². The number of benzene rings is 1. The molecule has 1 rings (SSSR count). The standard InChI is InChI=1S/C14H16N2O3/c1-3-9-15-14(19)16(2)10-8-11-6-4-5-7-12(11)13(17)18/h1,4-7H,8-10H2,2H3,(H,15,19)(H,17,18). The molecule has 0 saturated heterocycles. The number of aromatic carboxylic acids is 1. The molecule has 0 aliphatic carbocycles. The van der Waals surface area contributed by atoms with Gasteiger partial charge in [0.2, 0.25) is 0 Å². The molecule has 2 N–H and O–H groups in total. The lowest BCUT2D eigenvalue weighted by Crippen LogP contribution is -2.38. The predicted molar refractivity (Wildman–Crippen MR) is 72.0 cm³/mol. The molecule has 0 saturated carbocycles. The van der Waals surface area contributed by atoms with E-state index in [1.807, 2.05) is 0 Å². The maximum Gasteiger partial charge on any atom is 0.335 e. The van der Waals surface area contributed by atoms with E-state index < -0.39 is 5.97 Å². The first kappa shape index (κ1) is 14.6. The van der Waals surface area contributed by atoms with Crippen LogP contribution in [-0.2, 0) is 6.42 Å². The van der Waals surface area contributed by atoms with Crippen molar-refractivity contribution in [3.63, 3.8) is 0 Å². The zero-order valence-corrected chi connectivity index (χ0v) is 10.7. The third-order valence-electron chi connectivity index (χ3n) is 2.65. The van der Waals surface area contributed by atoms with Crippen molar-refractivity contribution in [2.75, 3.05) is 20.1 Å². The fourth-order valence-electron chi connectivity index (χ4n) is 1.60. The van der Waals surface area contributed by atoms with E-state index in [1.54, 1.807) is 31.3 Å². The second-order valence-electron chi connectivity index (χ2n) is 4.00. The number of carboxylic acids is 1. The summed E-state index contributed by atoms with van der Waals surface area (Å²) in [6.45, 7) is 0.593. The van der Waals surface area contributed by atoms with Gasteiger partial charge in [-0.15, -0.1) is 6.42 Å². The van der Waals surface area contributed by atoms with Crippen LogP contribution in [0.4, 0.5) is 4.79 Å². The Hall–Kier alpha value is -2.48. The Morgan fingerprint density at radius 2 is 2.11 bits per heavy atom. The van der Waals surface area contributed by atoms with Crippen molar-refractivity contribution >= 4 is 12.0 Å². The van der Waals surface area contributed by atoms with Gasteiger partial charge in [-0.2, -0.15) is 0 Å². The van der Waals surface area contributed by atoms with Crippen LogP contribution in [0.15, 0.2) is 24.3 Å². The Morgan fingerprint density at radius 3 is 2.74 bits per heavy atom. The molecule has 0 spiro atoms. The maximum atomic E-state index is 11.5. The fraction of sp³-hybridized carbons (Fsp3) is 0.286. The van der Waals surface area contributed by atoms with E-state index in [0.29, 0.717) is 18.5 Å². The molecule has 100 valence electrons. The Labute approximate surface area is 112 Å². The average molecular weight is 260 g/mol. The second kappa shape index (κ2) is 7.07. The maximum absolute atomic E-state index is 11.5. The highest BCUT2D eigenvalue weighted by Gasteiger charge is 2.11. The van der Waals surface area contributed by atoms with E-state index >= 15 is 0 Å². The van der Waals surface area contributed by atoms with E-state index in [4.69, 9.17) is 11.5 Å². The lowest BCUT2D eigenvalue weighted by atomic mass is 10.0. The first-order valence-corrected chi connectivity index (χ1v) is 5.80. The molecule has 0 bridgehead atoms. The van der Waals surface area contributed by atoms with Gasteiger partial charge >= 0.3 is 12.0 Å². The van der Waals surface area contributed by atoms with Crippen molar-refractivity contribution in [2.45, 2.75) is 6.42 Å². The van der Waals surface area contributed by atoms with Gasteiger partial charge in [0, 0.05) is 13.6 Å². The van der Waals surface area contributed by atoms with Crippen LogP contribution in [0.2, 0.25) is 0 Å². The lowest BCUT2D eigenvalue weighted by molar-refractivity contribution is 0.0695. The molecule has 0 radical (unpaired) electrons. The fourth-order valence-corrected chi connectivity index (χ4v) is 1.60. The van der Waals surface area contributed by atoms with Gasteiger partial charge in [0.05, 0.1) is 12.1 Å². The van der Waals surface area contributed by atoms with Crippen LogP contribution in [0.5, 0.6) is 0 Å². The number of nitrogens with one attached hydrogen (secondary N) is 1. The molecule has 1 aromatic carbocycles. The third kappa shape index (κ3) is 4.36. The molecule has 1 aromatic rings. The van der Waals surface area contributed by atoms with Gasteiger partial charge < -0.3 is 15.3 Å². The number of likely N-dealkylation sites (N-methyl/N-ethyl adjacent to an activating group) is 1. The number of carbonyl (C=O) groups is 2. The van der Waals surface area contributed by atoms with Gasteiger partial charge in [0.1, 0.15) is 0 Å². The number of urea groups is 1. The molecule has 2 amide bonds. The van der Waals surface area contributed by atoms with Crippen LogP contribution in [0.25, 0.3) is 0 Å². The molecule has 0 aliphatic heterocycles. The van der Waals surface area contributed by atoms with Gasteiger partial charge in [0.25, 0.3) is 0 Å². The minimum atomic E-state index is -0.963. The molecule has 0 fully saturated rings. The van der Waals surface area contributed by atoms with Crippen molar-refractivity contribution in [3.8, 4) is 12.3 Å². The number of hydrogen-bond donors (Lipinski definition) is 2. The smallest absolute Gasteiger partial charge is 0.335 e. The number of hydrogen-bond acceptors (Lipinski definition) is 2. The molecule has 0 aliphatic rings. The number of rotatable bonds is 5. The molecule has 5 nitrogen and oxygen atoms in total. The number of terminal acetylenes is 1. The van der Waals surface area contributed by atoms with Gasteiger partial charge in [-0.1, -0.05) is 24.1 Å². The van der Waals surface area contributed by atoms with Crippen molar-refractivity contribution in [1.82, 2.24) is 10.2 Å². The summed E-state index contributed by atoms with van der Waals surface area (Å²) in [5, 5.41) is 11.6. The Balaban J connectivity index is 2.60. The predicted octanol–water partition coefficient (Wildman–Crippen LogP) is 1.20. The first-order chi connectivity index (χ1) is 9.06. The van der Waals surface area contributed by atoms with Crippen LogP contribution in [0.1, 0.15) is 15.9 Å². The zero-order chi connectivity index (χ0) is 14.3. The summed E-state index contributed by atoms with van der Waals surface area (Å²) in [6, 6.07) is 6.48. The van der Waals surface area contributed by atoms with Crippen LogP contribution in [0, 0.1) is 12.3 Å². The highest BCUT2D eigenvalue weighted by Crippen LogP contribution is 2.09. The van der Waals surface area contributed by atoms with Gasteiger partial charge in [0.15, 0.2) is 0 Å². The summed E-state index contributed by atoms with van der Waals surface area (Å²) in [4.78, 5) is 24.0. The highest BCUT2D eigenvalue weighted by atomic mass is 16.4. The summed E-state index contributed by atoms with van der Waals surface area (Å²) in [7, 11) is 1.63. The van der Waals surface area contributed by atoms with Gasteiger partial charge in [-0.05, 0) is 18.1 Å². The number of carboxylic acid groups (broad SMARTS) is 1. The lowest BCUT2D eigenvalue weighted by Gasteiger charge is -2.17. The summed E-state index contributed by atoms with van der Waals surface area (Å²) in [5.74, 6) is 1.35. The van der Waals surface area contributed by atoms with Crippen molar-refractivity contribution < 1.29 is 14.7 Å².